The number of rotatable bonds is 7. The molecule has 0 amide bonds. The number of benzene rings is 1. The highest BCUT2D eigenvalue weighted by Gasteiger charge is 2.27. The molecule has 0 spiro atoms. The van der Waals surface area contributed by atoms with Gasteiger partial charge in [0.05, 0.1) is 9.95 Å². The normalized spacial score (nSPS) is 14.1. The van der Waals surface area contributed by atoms with Crippen LogP contribution in [0.25, 0.3) is 0 Å². The Kier molecular flexibility index (Phi) is 6.36. The SMILES string of the molecule is CCCNC(C)C(CC)c1cc(F)c(Cl)cc1[N+](=O)[O-]. The molecule has 0 bridgehead atoms. The predicted octanol–water partition coefficient (Wildman–Crippen LogP) is 4.27. The molecule has 0 aliphatic rings. The maximum atomic E-state index is 13.7. The van der Waals surface area contributed by atoms with Crippen molar-refractivity contribution >= 4 is 17.3 Å². The van der Waals surface area contributed by atoms with Crippen LogP contribution in [-0.4, -0.2) is 17.5 Å². The van der Waals surface area contributed by atoms with E-state index < -0.39 is 10.7 Å². The van der Waals surface area contributed by atoms with Crippen LogP contribution in [0.1, 0.15) is 45.1 Å². The van der Waals surface area contributed by atoms with E-state index in [9.17, 15) is 14.5 Å². The molecule has 2 unspecified atom stereocenters. The number of hydrogen-bond donors (Lipinski definition) is 1. The summed E-state index contributed by atoms with van der Waals surface area (Å²) in [6.45, 7) is 6.76. The van der Waals surface area contributed by atoms with E-state index in [4.69, 9.17) is 11.6 Å². The Hall–Kier alpha value is -1.20. The lowest BCUT2D eigenvalue weighted by Crippen LogP contribution is -2.32. The first-order chi connectivity index (χ1) is 9.42. The fourth-order valence-electron chi connectivity index (χ4n) is 2.36. The van der Waals surface area contributed by atoms with E-state index in [1.807, 2.05) is 20.8 Å². The lowest BCUT2D eigenvalue weighted by atomic mass is 9.88. The van der Waals surface area contributed by atoms with Crippen molar-refractivity contribution in [2.24, 2.45) is 0 Å². The van der Waals surface area contributed by atoms with Crippen molar-refractivity contribution in [2.75, 3.05) is 6.54 Å². The van der Waals surface area contributed by atoms with Crippen molar-refractivity contribution < 1.29 is 9.31 Å². The number of nitro groups is 1. The van der Waals surface area contributed by atoms with Crippen LogP contribution in [-0.2, 0) is 0 Å². The van der Waals surface area contributed by atoms with Crippen molar-refractivity contribution in [3.63, 3.8) is 0 Å². The lowest BCUT2D eigenvalue weighted by Gasteiger charge is -2.24. The summed E-state index contributed by atoms with van der Waals surface area (Å²) in [4.78, 5) is 10.6. The van der Waals surface area contributed by atoms with Crippen molar-refractivity contribution in [3.8, 4) is 0 Å². The van der Waals surface area contributed by atoms with Crippen molar-refractivity contribution in [1.82, 2.24) is 5.32 Å². The third kappa shape index (κ3) is 3.90. The minimum Gasteiger partial charge on any atom is -0.314 e. The molecule has 1 rings (SSSR count). The minimum atomic E-state index is -0.617. The maximum absolute atomic E-state index is 13.7. The van der Waals surface area contributed by atoms with Gasteiger partial charge in [-0.2, -0.15) is 0 Å². The molecule has 20 heavy (non-hydrogen) atoms. The fraction of sp³-hybridized carbons (Fsp3) is 0.571. The van der Waals surface area contributed by atoms with Crippen LogP contribution in [0.3, 0.4) is 0 Å². The highest BCUT2D eigenvalue weighted by molar-refractivity contribution is 6.31. The third-order valence-corrected chi connectivity index (χ3v) is 3.72. The summed E-state index contributed by atoms with van der Waals surface area (Å²) >= 11 is 5.65. The molecular formula is C14H20ClFN2O2. The van der Waals surface area contributed by atoms with Crippen LogP contribution in [0.5, 0.6) is 0 Å². The Labute approximate surface area is 123 Å². The summed E-state index contributed by atoms with van der Waals surface area (Å²) in [5.41, 5.74) is 0.281. The van der Waals surface area contributed by atoms with E-state index >= 15 is 0 Å². The highest BCUT2D eigenvalue weighted by atomic mass is 35.5. The molecule has 0 heterocycles. The van der Waals surface area contributed by atoms with Gasteiger partial charge in [0, 0.05) is 23.6 Å². The van der Waals surface area contributed by atoms with Gasteiger partial charge in [-0.1, -0.05) is 25.4 Å². The maximum Gasteiger partial charge on any atom is 0.274 e. The quantitative estimate of drug-likeness (QED) is 0.604. The Morgan fingerprint density at radius 1 is 1.45 bits per heavy atom. The average Bonchev–Trinajstić information content (AvgIpc) is 2.40. The lowest BCUT2D eigenvalue weighted by molar-refractivity contribution is -0.385. The molecule has 1 aromatic rings. The van der Waals surface area contributed by atoms with Crippen LogP contribution in [0.15, 0.2) is 12.1 Å². The number of halogens is 2. The Morgan fingerprint density at radius 3 is 2.60 bits per heavy atom. The van der Waals surface area contributed by atoms with Gasteiger partial charge in [-0.25, -0.2) is 4.39 Å². The second-order valence-corrected chi connectivity index (χ2v) is 5.25. The number of nitrogens with one attached hydrogen (secondary N) is 1. The molecule has 1 N–H and O–H groups in total. The van der Waals surface area contributed by atoms with Crippen molar-refractivity contribution in [1.29, 1.82) is 0 Å². The number of hydrogen-bond acceptors (Lipinski definition) is 3. The molecule has 0 radical (unpaired) electrons. The second kappa shape index (κ2) is 7.55. The molecule has 112 valence electrons. The van der Waals surface area contributed by atoms with E-state index in [1.54, 1.807) is 0 Å². The Bertz CT molecular complexity index is 482. The summed E-state index contributed by atoms with van der Waals surface area (Å²) in [6.07, 6.45) is 1.65. The van der Waals surface area contributed by atoms with Gasteiger partial charge < -0.3 is 5.32 Å². The molecule has 1 aromatic carbocycles. The molecule has 0 aliphatic carbocycles. The molecule has 2 atom stereocenters. The largest absolute Gasteiger partial charge is 0.314 e. The Balaban J connectivity index is 3.19. The smallest absolute Gasteiger partial charge is 0.274 e. The van der Waals surface area contributed by atoms with Gasteiger partial charge in [-0.05, 0) is 32.4 Å². The summed E-state index contributed by atoms with van der Waals surface area (Å²) in [5, 5.41) is 14.2. The van der Waals surface area contributed by atoms with Gasteiger partial charge in [0.25, 0.3) is 5.69 Å². The molecule has 0 fully saturated rings. The average molecular weight is 303 g/mol. The first kappa shape index (κ1) is 16.9. The highest BCUT2D eigenvalue weighted by Crippen LogP contribution is 2.34. The summed E-state index contributed by atoms with van der Waals surface area (Å²) in [6, 6.07) is 2.32. The van der Waals surface area contributed by atoms with Crippen LogP contribution in [0.4, 0.5) is 10.1 Å². The van der Waals surface area contributed by atoms with Gasteiger partial charge >= 0.3 is 0 Å². The van der Waals surface area contributed by atoms with Gasteiger partial charge in [0.15, 0.2) is 0 Å². The molecule has 4 nitrogen and oxygen atoms in total. The fourth-order valence-corrected chi connectivity index (χ4v) is 2.52. The van der Waals surface area contributed by atoms with Crippen LogP contribution in [0, 0.1) is 15.9 Å². The zero-order valence-corrected chi connectivity index (χ0v) is 12.7. The van der Waals surface area contributed by atoms with E-state index in [2.05, 4.69) is 5.32 Å². The van der Waals surface area contributed by atoms with Crippen molar-refractivity contribution in [3.05, 3.63) is 38.7 Å². The monoisotopic (exact) mass is 302 g/mol. The first-order valence-electron chi connectivity index (χ1n) is 6.79. The van der Waals surface area contributed by atoms with Crippen LogP contribution in [0.2, 0.25) is 5.02 Å². The van der Waals surface area contributed by atoms with Gasteiger partial charge in [-0.3, -0.25) is 10.1 Å². The van der Waals surface area contributed by atoms with E-state index in [-0.39, 0.29) is 22.7 Å². The van der Waals surface area contributed by atoms with E-state index in [1.165, 1.54) is 6.07 Å². The second-order valence-electron chi connectivity index (χ2n) is 4.84. The van der Waals surface area contributed by atoms with Crippen LogP contribution >= 0.6 is 11.6 Å². The molecular weight excluding hydrogens is 283 g/mol. The Morgan fingerprint density at radius 2 is 2.10 bits per heavy atom. The molecule has 0 aromatic heterocycles. The first-order valence-corrected chi connectivity index (χ1v) is 7.16. The molecule has 0 aliphatic heterocycles. The zero-order valence-electron chi connectivity index (χ0n) is 12.0. The third-order valence-electron chi connectivity index (χ3n) is 3.43. The number of nitrogens with zero attached hydrogens (tertiary/aromatic N) is 1. The summed E-state index contributed by atoms with van der Waals surface area (Å²) in [5.74, 6) is -0.748. The van der Waals surface area contributed by atoms with Gasteiger partial charge in [0.1, 0.15) is 5.82 Å². The predicted molar refractivity (Wildman–Crippen MR) is 78.9 cm³/mol. The summed E-state index contributed by atoms with van der Waals surface area (Å²) < 4.78 is 13.7. The van der Waals surface area contributed by atoms with Gasteiger partial charge in [-0.15, -0.1) is 0 Å². The standard InChI is InChI=1S/C14H20ClFN2O2/c1-4-6-17-9(3)10(5-2)11-7-13(16)12(15)8-14(11)18(19)20/h7-10,17H,4-6H2,1-3H3. The van der Waals surface area contributed by atoms with E-state index in [0.29, 0.717) is 12.0 Å². The molecule has 6 heteroatoms. The summed E-state index contributed by atoms with van der Waals surface area (Å²) in [7, 11) is 0. The zero-order chi connectivity index (χ0) is 15.3. The minimum absolute atomic E-state index is 0.0271. The number of nitro benzene ring substituents is 1. The molecule has 0 saturated heterocycles. The van der Waals surface area contributed by atoms with Gasteiger partial charge in [0.2, 0.25) is 0 Å². The topological polar surface area (TPSA) is 55.2 Å². The van der Waals surface area contributed by atoms with Crippen molar-refractivity contribution in [2.45, 2.75) is 45.6 Å². The van der Waals surface area contributed by atoms with E-state index in [0.717, 1.165) is 19.0 Å². The molecule has 0 saturated carbocycles. The van der Waals surface area contributed by atoms with Crippen LogP contribution < -0.4 is 5.32 Å².